The molecule has 1 aromatic heterocycles. The first-order chi connectivity index (χ1) is 10.2. The van der Waals surface area contributed by atoms with Crippen molar-refractivity contribution in [2.75, 3.05) is 6.61 Å². The van der Waals surface area contributed by atoms with Crippen molar-refractivity contribution in [2.24, 2.45) is 0 Å². The Labute approximate surface area is 128 Å². The van der Waals surface area contributed by atoms with Crippen LogP contribution in [0.5, 0.6) is 5.88 Å². The number of esters is 1. The molecule has 0 fully saturated rings. The number of carbonyl (C=O) groups is 1. The molecule has 0 spiro atoms. The lowest BCUT2D eigenvalue weighted by atomic mass is 10.0. The van der Waals surface area contributed by atoms with Gasteiger partial charge in [-0.25, -0.2) is 8.88 Å². The second-order valence-corrected chi connectivity index (χ2v) is 4.47. The number of hydrogen-bond acceptors (Lipinski definition) is 5. The highest BCUT2D eigenvalue weighted by Gasteiger charge is 2.16. The number of thiol groups is 1. The van der Waals surface area contributed by atoms with Crippen molar-refractivity contribution in [1.29, 1.82) is 0 Å². The third-order valence-corrected chi connectivity index (χ3v) is 2.97. The number of rotatable bonds is 5. The molecule has 21 heavy (non-hydrogen) atoms. The largest absolute Gasteiger partial charge is 0.472 e. The van der Waals surface area contributed by atoms with Crippen molar-refractivity contribution in [3.05, 3.63) is 47.2 Å². The van der Waals surface area contributed by atoms with Crippen LogP contribution >= 0.6 is 12.8 Å². The highest BCUT2D eigenvalue weighted by molar-refractivity contribution is 7.78. The second kappa shape index (κ2) is 6.86. The molecule has 0 unspecified atom stereocenters. The van der Waals surface area contributed by atoms with E-state index >= 15 is 0 Å². The zero-order valence-electron chi connectivity index (χ0n) is 11.4. The second-order valence-electron chi connectivity index (χ2n) is 4.06. The van der Waals surface area contributed by atoms with E-state index in [2.05, 4.69) is 23.8 Å². The SMILES string of the molecule is C#Cc1cccc(C(=O)OCC)c1COc1ccn(S)n1. The zero-order chi connectivity index (χ0) is 15.2. The molecule has 0 bridgehead atoms. The smallest absolute Gasteiger partial charge is 0.338 e. The predicted molar refractivity (Wildman–Crippen MR) is 81.3 cm³/mol. The van der Waals surface area contributed by atoms with Gasteiger partial charge in [0.25, 0.3) is 0 Å². The lowest BCUT2D eigenvalue weighted by Crippen LogP contribution is -2.11. The Morgan fingerprint density at radius 3 is 2.90 bits per heavy atom. The lowest BCUT2D eigenvalue weighted by Gasteiger charge is -2.11. The molecule has 1 aromatic carbocycles. The van der Waals surface area contributed by atoms with Gasteiger partial charge < -0.3 is 9.47 Å². The van der Waals surface area contributed by atoms with E-state index in [0.29, 0.717) is 29.2 Å². The topological polar surface area (TPSA) is 53.4 Å². The number of carbonyl (C=O) groups excluding carboxylic acids is 1. The maximum absolute atomic E-state index is 12.0. The highest BCUT2D eigenvalue weighted by Crippen LogP contribution is 2.18. The Bertz CT molecular complexity index is 688. The summed E-state index contributed by atoms with van der Waals surface area (Å²) >= 11 is 4.02. The van der Waals surface area contributed by atoms with E-state index in [9.17, 15) is 4.79 Å². The van der Waals surface area contributed by atoms with E-state index in [1.807, 2.05) is 0 Å². The summed E-state index contributed by atoms with van der Waals surface area (Å²) in [5, 5.41) is 3.98. The van der Waals surface area contributed by atoms with Crippen molar-refractivity contribution in [3.8, 4) is 18.2 Å². The Morgan fingerprint density at radius 2 is 2.29 bits per heavy atom. The minimum atomic E-state index is -0.423. The van der Waals surface area contributed by atoms with Gasteiger partial charge in [-0.05, 0) is 31.9 Å². The van der Waals surface area contributed by atoms with Crippen LogP contribution in [-0.2, 0) is 11.3 Å². The van der Waals surface area contributed by atoms with Crippen LogP contribution in [0.3, 0.4) is 0 Å². The molecular formula is C15H14N2O3S. The van der Waals surface area contributed by atoms with E-state index in [-0.39, 0.29) is 6.61 Å². The Balaban J connectivity index is 2.27. The van der Waals surface area contributed by atoms with Gasteiger partial charge in [-0.2, -0.15) is 0 Å². The fourth-order valence-electron chi connectivity index (χ4n) is 1.80. The van der Waals surface area contributed by atoms with Gasteiger partial charge in [0, 0.05) is 23.4 Å². The minimum Gasteiger partial charge on any atom is -0.472 e. The van der Waals surface area contributed by atoms with Gasteiger partial charge in [-0.1, -0.05) is 12.0 Å². The molecule has 0 atom stereocenters. The maximum Gasteiger partial charge on any atom is 0.338 e. The monoisotopic (exact) mass is 302 g/mol. The van der Waals surface area contributed by atoms with Gasteiger partial charge in [0.1, 0.15) is 6.61 Å². The van der Waals surface area contributed by atoms with Gasteiger partial charge >= 0.3 is 5.97 Å². The van der Waals surface area contributed by atoms with Gasteiger partial charge in [-0.3, -0.25) is 0 Å². The molecule has 0 radical (unpaired) electrons. The van der Waals surface area contributed by atoms with Crippen molar-refractivity contribution in [3.63, 3.8) is 0 Å². The van der Waals surface area contributed by atoms with Crippen LogP contribution in [0.2, 0.25) is 0 Å². The highest BCUT2D eigenvalue weighted by atomic mass is 32.1. The fraction of sp³-hybridized carbons (Fsp3) is 0.200. The Hall–Kier alpha value is -2.39. The summed E-state index contributed by atoms with van der Waals surface area (Å²) in [4.78, 5) is 12.0. The van der Waals surface area contributed by atoms with E-state index in [1.54, 1.807) is 37.4 Å². The number of hydrogen-bond donors (Lipinski definition) is 1. The molecule has 0 saturated heterocycles. The van der Waals surface area contributed by atoms with E-state index < -0.39 is 5.97 Å². The zero-order valence-corrected chi connectivity index (χ0v) is 12.3. The van der Waals surface area contributed by atoms with Crippen molar-refractivity contribution < 1.29 is 14.3 Å². The Morgan fingerprint density at radius 1 is 1.48 bits per heavy atom. The first-order valence-corrected chi connectivity index (χ1v) is 6.69. The summed E-state index contributed by atoms with van der Waals surface area (Å²) in [6.45, 7) is 2.17. The summed E-state index contributed by atoms with van der Waals surface area (Å²) in [7, 11) is 0. The molecular weight excluding hydrogens is 288 g/mol. The van der Waals surface area contributed by atoms with Crippen molar-refractivity contribution in [1.82, 2.24) is 9.19 Å². The molecule has 108 valence electrons. The summed E-state index contributed by atoms with van der Waals surface area (Å²) in [6.07, 6.45) is 7.11. The van der Waals surface area contributed by atoms with Crippen LogP contribution in [0.1, 0.15) is 28.4 Å². The number of nitrogens with zero attached hydrogens (tertiary/aromatic N) is 2. The molecule has 0 aliphatic rings. The summed E-state index contributed by atoms with van der Waals surface area (Å²) < 4.78 is 11.9. The predicted octanol–water partition coefficient (Wildman–Crippen LogP) is 2.31. The van der Waals surface area contributed by atoms with Crippen molar-refractivity contribution in [2.45, 2.75) is 13.5 Å². The van der Waals surface area contributed by atoms with Crippen LogP contribution in [0.15, 0.2) is 30.5 Å². The third kappa shape index (κ3) is 3.58. The van der Waals surface area contributed by atoms with Gasteiger partial charge in [0.05, 0.1) is 12.2 Å². The molecule has 2 rings (SSSR count). The maximum atomic E-state index is 12.0. The van der Waals surface area contributed by atoms with E-state index in [4.69, 9.17) is 15.9 Å². The van der Waals surface area contributed by atoms with E-state index in [1.165, 1.54) is 4.09 Å². The number of aromatic nitrogens is 2. The molecule has 2 aromatic rings. The van der Waals surface area contributed by atoms with Gasteiger partial charge in [0.2, 0.25) is 5.88 Å². The van der Waals surface area contributed by atoms with Crippen LogP contribution < -0.4 is 4.74 Å². The number of benzene rings is 1. The van der Waals surface area contributed by atoms with Crippen molar-refractivity contribution >= 4 is 18.8 Å². The average Bonchev–Trinajstić information content (AvgIpc) is 2.90. The molecule has 0 N–H and O–H groups in total. The van der Waals surface area contributed by atoms with Crippen LogP contribution in [0.25, 0.3) is 0 Å². The first-order valence-electron chi connectivity index (χ1n) is 6.29. The molecule has 0 aliphatic carbocycles. The standard InChI is InChI=1S/C15H14N2O3S/c1-3-11-6-5-7-12(15(18)19-4-2)13(11)10-20-14-8-9-17(21)16-14/h1,5-9,21H,4,10H2,2H3. The fourth-order valence-corrected chi connectivity index (χ4v) is 1.95. The third-order valence-electron chi connectivity index (χ3n) is 2.74. The average molecular weight is 302 g/mol. The summed E-state index contributed by atoms with van der Waals surface area (Å²) in [6, 6.07) is 6.79. The lowest BCUT2D eigenvalue weighted by molar-refractivity contribution is 0.0523. The van der Waals surface area contributed by atoms with Gasteiger partial charge in [0.15, 0.2) is 0 Å². The minimum absolute atomic E-state index is 0.124. The van der Waals surface area contributed by atoms with Crippen LogP contribution in [-0.4, -0.2) is 21.8 Å². The molecule has 0 saturated carbocycles. The van der Waals surface area contributed by atoms with Crippen LogP contribution in [0.4, 0.5) is 0 Å². The summed E-state index contributed by atoms with van der Waals surface area (Å²) in [5.74, 6) is 2.52. The van der Waals surface area contributed by atoms with Gasteiger partial charge in [-0.15, -0.1) is 11.5 Å². The summed E-state index contributed by atoms with van der Waals surface area (Å²) in [5.41, 5.74) is 1.59. The molecule has 0 aliphatic heterocycles. The van der Waals surface area contributed by atoms with Crippen LogP contribution in [0, 0.1) is 12.3 Å². The molecule has 6 heteroatoms. The molecule has 5 nitrogen and oxygen atoms in total. The number of terminal acetylenes is 1. The normalized spacial score (nSPS) is 9.95. The Kier molecular flexibility index (Phi) is 4.90. The van der Waals surface area contributed by atoms with E-state index in [0.717, 1.165) is 0 Å². The molecule has 0 amide bonds. The molecule has 1 heterocycles. The number of ether oxygens (including phenoxy) is 2. The quantitative estimate of drug-likeness (QED) is 0.523. The first kappa shape index (κ1) is 15.0.